The van der Waals surface area contributed by atoms with Gasteiger partial charge in [-0.05, 0) is 19.1 Å². The maximum Gasteiger partial charge on any atom is 0.263 e. The van der Waals surface area contributed by atoms with Crippen LogP contribution in [-0.2, 0) is 0 Å². The van der Waals surface area contributed by atoms with Gasteiger partial charge in [-0.3, -0.25) is 0 Å². The molecule has 0 radical (unpaired) electrons. The Morgan fingerprint density at radius 3 is 2.47 bits per heavy atom. The van der Waals surface area contributed by atoms with Crippen molar-refractivity contribution in [3.05, 3.63) is 34.3 Å². The number of nitrogens with two attached hydrogens (primary N) is 1. The molecule has 0 saturated heterocycles. The van der Waals surface area contributed by atoms with Gasteiger partial charge in [0.05, 0.1) is 6.10 Å². The van der Waals surface area contributed by atoms with E-state index in [1.54, 1.807) is 6.92 Å². The van der Waals surface area contributed by atoms with Crippen LogP contribution in [0.3, 0.4) is 0 Å². The van der Waals surface area contributed by atoms with Crippen molar-refractivity contribution < 1.29 is 13.9 Å². The molecule has 0 aromatic heterocycles. The summed E-state index contributed by atoms with van der Waals surface area (Å²) in [6, 6.07) is 3.19. The zero-order chi connectivity index (χ0) is 11.6. The van der Waals surface area contributed by atoms with Crippen LogP contribution < -0.4 is 5.73 Å². The van der Waals surface area contributed by atoms with Gasteiger partial charge in [0.25, 0.3) is 6.43 Å². The maximum absolute atomic E-state index is 12.4. The van der Waals surface area contributed by atoms with Crippen LogP contribution in [0.5, 0.6) is 0 Å². The molecule has 0 aliphatic heterocycles. The number of alkyl halides is 2. The summed E-state index contributed by atoms with van der Waals surface area (Å²) in [5.41, 5.74) is 5.53. The average Bonchev–Trinajstić information content (AvgIpc) is 2.16. The van der Waals surface area contributed by atoms with Crippen LogP contribution in [0.15, 0.2) is 18.2 Å². The van der Waals surface area contributed by atoms with Gasteiger partial charge in [-0.2, -0.15) is 0 Å². The van der Waals surface area contributed by atoms with Gasteiger partial charge in [-0.25, -0.2) is 8.78 Å². The van der Waals surface area contributed by atoms with Gasteiger partial charge in [0.1, 0.15) is 0 Å². The highest BCUT2D eigenvalue weighted by molar-refractivity contribution is 6.31. The van der Waals surface area contributed by atoms with Crippen LogP contribution in [0.2, 0.25) is 5.02 Å². The van der Waals surface area contributed by atoms with Crippen molar-refractivity contribution in [2.45, 2.75) is 25.5 Å². The van der Waals surface area contributed by atoms with Crippen LogP contribution >= 0.6 is 11.6 Å². The maximum atomic E-state index is 12.4. The molecule has 0 amide bonds. The van der Waals surface area contributed by atoms with Gasteiger partial charge in [-0.1, -0.05) is 17.7 Å². The van der Waals surface area contributed by atoms with E-state index in [-0.39, 0.29) is 16.1 Å². The Morgan fingerprint density at radius 2 is 2.00 bits per heavy atom. The molecular weight excluding hydrogens is 224 g/mol. The van der Waals surface area contributed by atoms with Crippen molar-refractivity contribution in [3.8, 4) is 0 Å². The molecule has 0 heterocycles. The van der Waals surface area contributed by atoms with Gasteiger partial charge in [0.2, 0.25) is 0 Å². The molecule has 0 bridgehead atoms. The summed E-state index contributed by atoms with van der Waals surface area (Å²) in [4.78, 5) is 0. The Labute approximate surface area is 91.7 Å². The van der Waals surface area contributed by atoms with E-state index in [1.807, 2.05) is 0 Å². The number of aliphatic hydroxyl groups is 1. The van der Waals surface area contributed by atoms with Gasteiger partial charge in [0.15, 0.2) is 0 Å². The monoisotopic (exact) mass is 235 g/mol. The fourth-order valence-corrected chi connectivity index (χ4v) is 1.44. The zero-order valence-electron chi connectivity index (χ0n) is 8.12. The van der Waals surface area contributed by atoms with Crippen molar-refractivity contribution in [1.82, 2.24) is 0 Å². The first-order chi connectivity index (χ1) is 6.93. The Kier molecular flexibility index (Phi) is 4.02. The summed E-state index contributed by atoms with van der Waals surface area (Å²) < 4.78 is 24.8. The van der Waals surface area contributed by atoms with E-state index >= 15 is 0 Å². The minimum atomic E-state index is -2.58. The molecule has 1 aromatic rings. The second-order valence-corrected chi connectivity index (χ2v) is 3.79. The third-order valence-corrected chi connectivity index (χ3v) is 2.43. The summed E-state index contributed by atoms with van der Waals surface area (Å²) >= 11 is 5.78. The second kappa shape index (κ2) is 4.88. The molecule has 15 heavy (non-hydrogen) atoms. The molecule has 0 saturated carbocycles. The van der Waals surface area contributed by atoms with Crippen LogP contribution in [0.1, 0.15) is 30.6 Å². The number of hydrogen-bond acceptors (Lipinski definition) is 2. The first-order valence-corrected chi connectivity index (χ1v) is 4.82. The van der Waals surface area contributed by atoms with Crippen molar-refractivity contribution in [3.63, 3.8) is 0 Å². The molecule has 0 fully saturated rings. The third kappa shape index (κ3) is 2.87. The van der Waals surface area contributed by atoms with E-state index in [0.717, 1.165) is 0 Å². The first kappa shape index (κ1) is 12.4. The predicted octanol–water partition coefficient (Wildman–Crippen LogP) is 2.66. The standard InChI is InChI=1S/C10H12ClF2NO/c1-5(14)9(15)7-4-6(10(12)13)2-3-8(7)11/h2-5,9-10,15H,14H2,1H3. The largest absolute Gasteiger partial charge is 0.387 e. The minimum Gasteiger partial charge on any atom is -0.387 e. The van der Waals surface area contributed by atoms with E-state index in [4.69, 9.17) is 17.3 Å². The average molecular weight is 236 g/mol. The lowest BCUT2D eigenvalue weighted by molar-refractivity contribution is 0.145. The predicted molar refractivity (Wildman–Crippen MR) is 55.0 cm³/mol. The van der Waals surface area contributed by atoms with Crippen LogP contribution in [-0.4, -0.2) is 11.1 Å². The van der Waals surface area contributed by atoms with E-state index < -0.39 is 18.6 Å². The number of hydrogen-bond donors (Lipinski definition) is 2. The zero-order valence-corrected chi connectivity index (χ0v) is 8.88. The minimum absolute atomic E-state index is 0.172. The van der Waals surface area contributed by atoms with Gasteiger partial charge >= 0.3 is 0 Å². The SMILES string of the molecule is CC(N)C(O)c1cc(C(F)F)ccc1Cl. The van der Waals surface area contributed by atoms with Crippen LogP contribution in [0.25, 0.3) is 0 Å². The van der Waals surface area contributed by atoms with Crippen molar-refractivity contribution in [1.29, 1.82) is 0 Å². The van der Waals surface area contributed by atoms with Crippen molar-refractivity contribution >= 4 is 11.6 Å². The molecule has 1 aromatic carbocycles. The highest BCUT2D eigenvalue weighted by Crippen LogP contribution is 2.29. The Hall–Kier alpha value is -0.710. The normalized spacial score (nSPS) is 15.4. The lowest BCUT2D eigenvalue weighted by Crippen LogP contribution is -2.24. The molecule has 84 valence electrons. The second-order valence-electron chi connectivity index (χ2n) is 3.39. The van der Waals surface area contributed by atoms with Gasteiger partial charge in [0, 0.05) is 22.2 Å². The molecule has 2 atom stereocenters. The van der Waals surface area contributed by atoms with Crippen LogP contribution in [0, 0.1) is 0 Å². The smallest absolute Gasteiger partial charge is 0.263 e. The van der Waals surface area contributed by atoms with Crippen molar-refractivity contribution in [2.75, 3.05) is 0 Å². The molecule has 1 rings (SSSR count). The summed E-state index contributed by atoms with van der Waals surface area (Å²) in [5, 5.41) is 9.87. The molecule has 3 N–H and O–H groups in total. The number of benzene rings is 1. The van der Waals surface area contributed by atoms with Crippen molar-refractivity contribution in [2.24, 2.45) is 5.73 Å². The Bertz CT molecular complexity index is 344. The fraction of sp³-hybridized carbons (Fsp3) is 0.400. The Balaban J connectivity index is 3.10. The van der Waals surface area contributed by atoms with Crippen LogP contribution in [0.4, 0.5) is 8.78 Å². The molecule has 2 nitrogen and oxygen atoms in total. The highest BCUT2D eigenvalue weighted by atomic mass is 35.5. The van der Waals surface area contributed by atoms with Gasteiger partial charge in [-0.15, -0.1) is 0 Å². The molecule has 0 aliphatic rings. The third-order valence-electron chi connectivity index (χ3n) is 2.09. The summed E-state index contributed by atoms with van der Waals surface area (Å²) in [6.07, 6.45) is -3.61. The highest BCUT2D eigenvalue weighted by Gasteiger charge is 2.18. The fourth-order valence-electron chi connectivity index (χ4n) is 1.21. The quantitative estimate of drug-likeness (QED) is 0.846. The van der Waals surface area contributed by atoms with Gasteiger partial charge < -0.3 is 10.8 Å². The topological polar surface area (TPSA) is 46.2 Å². The van der Waals surface area contributed by atoms with E-state index in [2.05, 4.69) is 0 Å². The number of halogens is 3. The Morgan fingerprint density at radius 1 is 1.40 bits per heavy atom. The summed E-state index contributed by atoms with van der Waals surface area (Å²) in [6.45, 7) is 1.58. The summed E-state index contributed by atoms with van der Waals surface area (Å²) in [5.74, 6) is 0. The van der Waals surface area contributed by atoms with E-state index in [9.17, 15) is 13.9 Å². The summed E-state index contributed by atoms with van der Waals surface area (Å²) in [7, 11) is 0. The molecule has 0 spiro atoms. The van der Waals surface area contributed by atoms with E-state index in [0.29, 0.717) is 0 Å². The lowest BCUT2D eigenvalue weighted by atomic mass is 10.0. The number of rotatable bonds is 3. The molecular formula is C10H12ClF2NO. The molecule has 0 aliphatic carbocycles. The molecule has 2 unspecified atom stereocenters. The molecule has 5 heteroatoms. The van der Waals surface area contributed by atoms with E-state index in [1.165, 1.54) is 18.2 Å². The first-order valence-electron chi connectivity index (χ1n) is 4.44. The number of aliphatic hydroxyl groups excluding tert-OH is 1. The lowest BCUT2D eigenvalue weighted by Gasteiger charge is -2.17.